The number of hydrogen-bond acceptors (Lipinski definition) is 1. The van der Waals surface area contributed by atoms with Crippen molar-refractivity contribution in [2.45, 2.75) is 20.8 Å². The lowest BCUT2D eigenvalue weighted by Gasteiger charge is -2.12. The van der Waals surface area contributed by atoms with E-state index in [1.54, 1.807) is 0 Å². The van der Waals surface area contributed by atoms with Crippen molar-refractivity contribution in [1.29, 1.82) is 0 Å². The molecule has 4 aromatic carbocycles. The van der Waals surface area contributed by atoms with Crippen molar-refractivity contribution in [3.8, 4) is 17.1 Å². The maximum atomic E-state index is 5.00. The van der Waals surface area contributed by atoms with E-state index in [1.165, 1.54) is 44.1 Å². The number of aromatic nitrogens is 3. The number of hydrogen-bond donors (Lipinski definition) is 0. The maximum absolute atomic E-state index is 5.00. The quantitative estimate of drug-likeness (QED) is 0.280. The van der Waals surface area contributed by atoms with E-state index in [-0.39, 0.29) is 0 Å². The number of aryl methyl sites for hydroxylation is 3. The third-order valence-electron chi connectivity index (χ3n) is 6.93. The average Bonchev–Trinajstić information content (AvgIpc) is 3.16. The van der Waals surface area contributed by atoms with Gasteiger partial charge in [-0.25, -0.2) is 4.57 Å². The molecule has 3 heteroatoms. The number of fused-ring (bicyclic) bond motifs is 4. The molecule has 160 valence electrons. The van der Waals surface area contributed by atoms with Crippen LogP contribution in [-0.4, -0.2) is 9.55 Å². The second kappa shape index (κ2) is 7.28. The van der Waals surface area contributed by atoms with Gasteiger partial charge >= 0.3 is 5.82 Å². The summed E-state index contributed by atoms with van der Waals surface area (Å²) in [5.41, 5.74) is 9.77. The minimum absolute atomic E-state index is 0.992. The highest BCUT2D eigenvalue weighted by Gasteiger charge is 2.22. The van der Waals surface area contributed by atoms with Gasteiger partial charge in [-0.1, -0.05) is 48.5 Å². The Labute approximate surface area is 193 Å². The summed E-state index contributed by atoms with van der Waals surface area (Å²) in [4.78, 5) is 5.00. The highest BCUT2D eigenvalue weighted by molar-refractivity contribution is 6.10. The van der Waals surface area contributed by atoms with Crippen LogP contribution in [0.5, 0.6) is 0 Å². The largest absolute Gasteiger partial charge is 0.330 e. The Balaban J connectivity index is 1.67. The molecular weight excluding hydrogens is 402 g/mol. The number of benzene rings is 4. The lowest BCUT2D eigenvalue weighted by atomic mass is 9.99. The molecule has 2 heterocycles. The molecule has 6 rings (SSSR count). The van der Waals surface area contributed by atoms with Crippen molar-refractivity contribution < 1.29 is 4.57 Å². The van der Waals surface area contributed by atoms with E-state index in [2.05, 4.69) is 116 Å². The van der Waals surface area contributed by atoms with Gasteiger partial charge in [0.2, 0.25) is 0 Å². The molecule has 0 atom stereocenters. The molecule has 3 nitrogen and oxygen atoms in total. The predicted molar refractivity (Wildman–Crippen MR) is 137 cm³/mol. The molecule has 0 saturated carbocycles. The SMILES string of the molecule is Cc1cc(C)c(C)c(-c2ncc3c(-n4c5ccccc5c5ccccc54)cccc3[n+]2C)c1. The van der Waals surface area contributed by atoms with Gasteiger partial charge < -0.3 is 4.57 Å². The predicted octanol–water partition coefficient (Wildman–Crippen LogP) is 6.75. The first kappa shape index (κ1) is 19.7. The summed E-state index contributed by atoms with van der Waals surface area (Å²) in [5, 5.41) is 3.67. The van der Waals surface area contributed by atoms with Crippen LogP contribution >= 0.6 is 0 Å². The monoisotopic (exact) mass is 428 g/mol. The number of para-hydroxylation sites is 2. The van der Waals surface area contributed by atoms with Crippen molar-refractivity contribution in [1.82, 2.24) is 9.55 Å². The van der Waals surface area contributed by atoms with Crippen molar-refractivity contribution in [3.63, 3.8) is 0 Å². The van der Waals surface area contributed by atoms with Crippen LogP contribution in [0.1, 0.15) is 16.7 Å². The zero-order chi connectivity index (χ0) is 22.7. The second-order valence-electron chi connectivity index (χ2n) is 8.97. The van der Waals surface area contributed by atoms with Gasteiger partial charge in [0.15, 0.2) is 6.20 Å². The highest BCUT2D eigenvalue weighted by atomic mass is 15.0. The third kappa shape index (κ3) is 2.89. The van der Waals surface area contributed by atoms with Gasteiger partial charge in [0, 0.05) is 10.8 Å². The first-order valence-corrected chi connectivity index (χ1v) is 11.4. The Morgan fingerprint density at radius 3 is 2.09 bits per heavy atom. The third-order valence-corrected chi connectivity index (χ3v) is 6.93. The van der Waals surface area contributed by atoms with Gasteiger partial charge in [-0.2, -0.15) is 0 Å². The topological polar surface area (TPSA) is 21.7 Å². The van der Waals surface area contributed by atoms with E-state index in [9.17, 15) is 0 Å². The molecule has 0 spiro atoms. The minimum Gasteiger partial charge on any atom is -0.308 e. The molecule has 0 aliphatic heterocycles. The Morgan fingerprint density at radius 1 is 0.727 bits per heavy atom. The smallest absolute Gasteiger partial charge is 0.308 e. The fourth-order valence-electron chi connectivity index (χ4n) is 5.19. The van der Waals surface area contributed by atoms with Gasteiger partial charge in [-0.05, 0) is 72.8 Å². The molecule has 0 fully saturated rings. The Morgan fingerprint density at radius 2 is 1.39 bits per heavy atom. The first-order valence-electron chi connectivity index (χ1n) is 11.4. The van der Waals surface area contributed by atoms with Crippen LogP contribution in [0.4, 0.5) is 0 Å². The van der Waals surface area contributed by atoms with Crippen molar-refractivity contribution in [3.05, 3.63) is 102 Å². The van der Waals surface area contributed by atoms with Crippen molar-refractivity contribution >= 4 is 32.7 Å². The summed E-state index contributed by atoms with van der Waals surface area (Å²) in [5.74, 6) is 0.992. The average molecular weight is 429 g/mol. The molecule has 6 aromatic rings. The van der Waals surface area contributed by atoms with Gasteiger partial charge in [0.1, 0.15) is 5.52 Å². The summed E-state index contributed by atoms with van der Waals surface area (Å²) in [7, 11) is 2.12. The Hall–Kier alpha value is -3.98. The fraction of sp³-hybridized carbons (Fsp3) is 0.133. The summed E-state index contributed by atoms with van der Waals surface area (Å²) in [6.45, 7) is 6.51. The van der Waals surface area contributed by atoms with E-state index in [0.717, 1.165) is 22.4 Å². The molecule has 0 radical (unpaired) electrons. The van der Waals surface area contributed by atoms with Gasteiger partial charge in [0.05, 0.1) is 34.7 Å². The van der Waals surface area contributed by atoms with Crippen LogP contribution in [0.15, 0.2) is 85.1 Å². The molecule has 0 N–H and O–H groups in total. The van der Waals surface area contributed by atoms with Crippen LogP contribution < -0.4 is 4.57 Å². The van der Waals surface area contributed by atoms with E-state index in [4.69, 9.17) is 4.98 Å². The van der Waals surface area contributed by atoms with Crippen LogP contribution in [-0.2, 0) is 7.05 Å². The zero-order valence-corrected chi connectivity index (χ0v) is 19.4. The molecule has 0 aliphatic carbocycles. The second-order valence-corrected chi connectivity index (χ2v) is 8.97. The maximum Gasteiger partial charge on any atom is 0.330 e. The lowest BCUT2D eigenvalue weighted by Crippen LogP contribution is -2.33. The van der Waals surface area contributed by atoms with Gasteiger partial charge in [-0.15, -0.1) is 0 Å². The normalized spacial score (nSPS) is 11.6. The zero-order valence-electron chi connectivity index (χ0n) is 19.4. The Bertz CT molecular complexity index is 1650. The fourth-order valence-corrected chi connectivity index (χ4v) is 5.19. The van der Waals surface area contributed by atoms with Crippen LogP contribution in [0.3, 0.4) is 0 Å². The van der Waals surface area contributed by atoms with E-state index in [1.807, 2.05) is 6.20 Å². The molecule has 2 aromatic heterocycles. The molecule has 33 heavy (non-hydrogen) atoms. The van der Waals surface area contributed by atoms with Crippen LogP contribution in [0.2, 0.25) is 0 Å². The molecule has 0 aliphatic rings. The van der Waals surface area contributed by atoms with Crippen LogP contribution in [0, 0.1) is 20.8 Å². The summed E-state index contributed by atoms with van der Waals surface area (Å²) in [6, 6.07) is 28.3. The Kier molecular flexibility index (Phi) is 4.34. The molecule has 0 unspecified atom stereocenters. The standard InChI is InChI=1S/C30H26N3/c1-19-16-20(2)21(3)24(17-19)30-31-18-25-26(32(30)4)14-9-15-29(25)33-27-12-7-5-10-22(27)23-11-6-8-13-28(23)33/h5-18H,1-4H3/q+1. The van der Waals surface area contributed by atoms with Crippen molar-refractivity contribution in [2.75, 3.05) is 0 Å². The molecule has 0 amide bonds. The van der Waals surface area contributed by atoms with E-state index in [0.29, 0.717) is 0 Å². The molecular formula is C30H26N3+. The van der Waals surface area contributed by atoms with Gasteiger partial charge in [-0.3, -0.25) is 0 Å². The summed E-state index contributed by atoms with van der Waals surface area (Å²) >= 11 is 0. The van der Waals surface area contributed by atoms with E-state index >= 15 is 0 Å². The summed E-state index contributed by atoms with van der Waals surface area (Å²) in [6.07, 6.45) is 2.04. The lowest BCUT2D eigenvalue weighted by molar-refractivity contribution is -0.636. The van der Waals surface area contributed by atoms with Gasteiger partial charge in [0.25, 0.3) is 0 Å². The molecule has 0 bridgehead atoms. The van der Waals surface area contributed by atoms with E-state index < -0.39 is 0 Å². The van der Waals surface area contributed by atoms with Crippen molar-refractivity contribution in [2.24, 2.45) is 7.05 Å². The number of nitrogens with zero attached hydrogens (tertiary/aromatic N) is 3. The number of rotatable bonds is 2. The van der Waals surface area contributed by atoms with Crippen LogP contribution in [0.25, 0.3) is 49.8 Å². The summed E-state index contributed by atoms with van der Waals surface area (Å²) < 4.78 is 4.60. The molecule has 0 saturated heterocycles. The minimum atomic E-state index is 0.992. The highest BCUT2D eigenvalue weighted by Crippen LogP contribution is 2.34. The first-order chi connectivity index (χ1) is 16.0.